The highest BCUT2D eigenvalue weighted by molar-refractivity contribution is 5.33. The maximum Gasteiger partial charge on any atom is 0.165 e. The van der Waals surface area contributed by atoms with Gasteiger partial charge in [0.05, 0.1) is 0 Å². The average Bonchev–Trinajstić information content (AvgIpc) is 2.50. The van der Waals surface area contributed by atoms with Gasteiger partial charge in [-0.2, -0.15) is 0 Å². The lowest BCUT2D eigenvalue weighted by molar-refractivity contribution is 0.293. The third-order valence-corrected chi connectivity index (χ3v) is 3.13. The summed E-state index contributed by atoms with van der Waals surface area (Å²) in [5, 5.41) is 3.30. The molecule has 2 rings (SSSR count). The number of halogens is 2. The van der Waals surface area contributed by atoms with Crippen LogP contribution in [0.2, 0.25) is 0 Å². The lowest BCUT2D eigenvalue weighted by Gasteiger charge is -2.12. The van der Waals surface area contributed by atoms with E-state index in [1.807, 2.05) is 24.3 Å². The van der Waals surface area contributed by atoms with Crippen LogP contribution in [0.1, 0.15) is 24.5 Å². The minimum Gasteiger partial charge on any atom is -0.488 e. The van der Waals surface area contributed by atoms with Crippen LogP contribution < -0.4 is 10.1 Å². The molecule has 21 heavy (non-hydrogen) atoms. The van der Waals surface area contributed by atoms with Gasteiger partial charge in [0.25, 0.3) is 0 Å². The minimum absolute atomic E-state index is 0.00832. The molecule has 0 bridgehead atoms. The van der Waals surface area contributed by atoms with E-state index in [4.69, 9.17) is 4.74 Å². The van der Waals surface area contributed by atoms with E-state index >= 15 is 0 Å². The first-order valence-electron chi connectivity index (χ1n) is 7.06. The van der Waals surface area contributed by atoms with E-state index in [1.165, 1.54) is 12.1 Å². The van der Waals surface area contributed by atoms with Gasteiger partial charge in [0, 0.05) is 17.7 Å². The van der Waals surface area contributed by atoms with Crippen molar-refractivity contribution in [2.24, 2.45) is 0 Å². The topological polar surface area (TPSA) is 21.3 Å². The Balaban J connectivity index is 2.04. The van der Waals surface area contributed by atoms with Crippen molar-refractivity contribution in [1.82, 2.24) is 5.32 Å². The van der Waals surface area contributed by atoms with Crippen LogP contribution in [0.5, 0.6) is 5.75 Å². The molecular weight excluding hydrogens is 272 g/mol. The number of ether oxygens (including phenoxy) is 1. The lowest BCUT2D eigenvalue weighted by Crippen LogP contribution is -2.14. The number of hydrogen-bond acceptors (Lipinski definition) is 2. The predicted octanol–water partition coefficient (Wildman–Crippen LogP) is 4.04. The first-order chi connectivity index (χ1) is 10.2. The molecule has 1 N–H and O–H groups in total. The molecule has 0 aliphatic carbocycles. The van der Waals surface area contributed by atoms with Gasteiger partial charge < -0.3 is 10.1 Å². The SMILES string of the molecule is CCCNCc1ccccc1OCc1cccc(F)c1F. The zero-order valence-electron chi connectivity index (χ0n) is 12.0. The number of benzene rings is 2. The molecule has 0 fully saturated rings. The maximum atomic E-state index is 13.6. The average molecular weight is 291 g/mol. The monoisotopic (exact) mass is 291 g/mol. The first kappa shape index (κ1) is 15.4. The fourth-order valence-electron chi connectivity index (χ4n) is 2.01. The van der Waals surface area contributed by atoms with Gasteiger partial charge in [-0.25, -0.2) is 8.78 Å². The maximum absolute atomic E-state index is 13.6. The number of rotatable bonds is 7. The highest BCUT2D eigenvalue weighted by Crippen LogP contribution is 2.20. The Labute approximate surface area is 123 Å². The van der Waals surface area contributed by atoms with Gasteiger partial charge in [-0.1, -0.05) is 37.3 Å². The fraction of sp³-hybridized carbons (Fsp3) is 0.294. The quantitative estimate of drug-likeness (QED) is 0.777. The summed E-state index contributed by atoms with van der Waals surface area (Å²) < 4.78 is 32.4. The molecular formula is C17H19F2NO. The molecule has 0 heterocycles. The molecule has 0 atom stereocenters. The van der Waals surface area contributed by atoms with Crippen molar-refractivity contribution in [1.29, 1.82) is 0 Å². The van der Waals surface area contributed by atoms with Gasteiger partial charge in [0.1, 0.15) is 12.4 Å². The highest BCUT2D eigenvalue weighted by Gasteiger charge is 2.09. The first-order valence-corrected chi connectivity index (χ1v) is 7.06. The molecule has 0 aromatic heterocycles. The van der Waals surface area contributed by atoms with Gasteiger partial charge in [0.15, 0.2) is 11.6 Å². The third-order valence-electron chi connectivity index (χ3n) is 3.13. The molecule has 4 heteroatoms. The predicted molar refractivity (Wildman–Crippen MR) is 79.1 cm³/mol. The summed E-state index contributed by atoms with van der Waals surface area (Å²) in [5.74, 6) is -1.02. The summed E-state index contributed by atoms with van der Waals surface area (Å²) in [4.78, 5) is 0. The zero-order chi connectivity index (χ0) is 15.1. The van der Waals surface area contributed by atoms with Gasteiger partial charge in [-0.15, -0.1) is 0 Å². The van der Waals surface area contributed by atoms with Crippen LogP contribution >= 0.6 is 0 Å². The largest absolute Gasteiger partial charge is 0.488 e. The Bertz CT molecular complexity index is 587. The molecule has 2 nitrogen and oxygen atoms in total. The van der Waals surface area contributed by atoms with Gasteiger partial charge in [-0.3, -0.25) is 0 Å². The summed E-state index contributed by atoms with van der Waals surface area (Å²) in [6, 6.07) is 11.7. The molecule has 0 saturated heterocycles. The Hall–Kier alpha value is -1.94. The molecule has 2 aromatic rings. The smallest absolute Gasteiger partial charge is 0.165 e. The van der Waals surface area contributed by atoms with Gasteiger partial charge >= 0.3 is 0 Å². The Morgan fingerprint density at radius 2 is 1.76 bits per heavy atom. The van der Waals surface area contributed by atoms with Gasteiger partial charge in [-0.05, 0) is 25.1 Å². The zero-order valence-corrected chi connectivity index (χ0v) is 12.0. The van der Waals surface area contributed by atoms with Crippen LogP contribution in [0.25, 0.3) is 0 Å². The normalized spacial score (nSPS) is 10.6. The molecule has 0 aliphatic heterocycles. The van der Waals surface area contributed by atoms with Crippen molar-refractivity contribution < 1.29 is 13.5 Å². The van der Waals surface area contributed by atoms with E-state index in [0.717, 1.165) is 24.6 Å². The van der Waals surface area contributed by atoms with Crippen LogP contribution in [0.15, 0.2) is 42.5 Å². The molecule has 0 radical (unpaired) electrons. The minimum atomic E-state index is -0.853. The van der Waals surface area contributed by atoms with Gasteiger partial charge in [0.2, 0.25) is 0 Å². The van der Waals surface area contributed by atoms with E-state index in [2.05, 4.69) is 12.2 Å². The summed E-state index contributed by atoms with van der Waals surface area (Å²) in [7, 11) is 0. The van der Waals surface area contributed by atoms with Crippen LogP contribution in [0.4, 0.5) is 8.78 Å². The van der Waals surface area contributed by atoms with Crippen LogP contribution in [-0.4, -0.2) is 6.54 Å². The van der Waals surface area contributed by atoms with Crippen molar-refractivity contribution >= 4 is 0 Å². The van der Waals surface area contributed by atoms with Crippen molar-refractivity contribution in [3.8, 4) is 5.75 Å². The number of para-hydroxylation sites is 1. The summed E-state index contributed by atoms with van der Waals surface area (Å²) in [6.45, 7) is 3.72. The van der Waals surface area contributed by atoms with E-state index in [1.54, 1.807) is 0 Å². The fourth-order valence-corrected chi connectivity index (χ4v) is 2.01. The molecule has 0 amide bonds. The Morgan fingerprint density at radius 3 is 2.57 bits per heavy atom. The summed E-state index contributed by atoms with van der Waals surface area (Å²) in [5.41, 5.74) is 1.22. The lowest BCUT2D eigenvalue weighted by atomic mass is 10.2. The van der Waals surface area contributed by atoms with Crippen LogP contribution in [0, 0.1) is 11.6 Å². The Kier molecular flexibility index (Phi) is 5.69. The van der Waals surface area contributed by atoms with E-state index < -0.39 is 11.6 Å². The molecule has 2 aromatic carbocycles. The molecule has 112 valence electrons. The van der Waals surface area contributed by atoms with Crippen molar-refractivity contribution in [2.75, 3.05) is 6.54 Å². The highest BCUT2D eigenvalue weighted by atomic mass is 19.2. The summed E-state index contributed by atoms with van der Waals surface area (Å²) >= 11 is 0. The van der Waals surface area contributed by atoms with Crippen LogP contribution in [0.3, 0.4) is 0 Å². The second kappa shape index (κ2) is 7.74. The van der Waals surface area contributed by atoms with E-state index in [0.29, 0.717) is 12.3 Å². The Morgan fingerprint density at radius 1 is 1.00 bits per heavy atom. The third kappa shape index (κ3) is 4.26. The van der Waals surface area contributed by atoms with Crippen molar-refractivity contribution in [2.45, 2.75) is 26.5 Å². The molecule has 0 saturated carbocycles. The number of hydrogen-bond donors (Lipinski definition) is 1. The molecule has 0 aliphatic rings. The van der Waals surface area contributed by atoms with E-state index in [-0.39, 0.29) is 12.2 Å². The number of nitrogens with one attached hydrogen (secondary N) is 1. The van der Waals surface area contributed by atoms with Crippen molar-refractivity contribution in [3.05, 3.63) is 65.2 Å². The second-order valence-electron chi connectivity index (χ2n) is 4.79. The second-order valence-corrected chi connectivity index (χ2v) is 4.79. The van der Waals surface area contributed by atoms with Crippen LogP contribution in [-0.2, 0) is 13.2 Å². The standard InChI is InChI=1S/C17H19F2NO/c1-2-10-20-11-13-6-3-4-9-16(13)21-12-14-7-5-8-15(18)17(14)19/h3-9,20H,2,10-12H2,1H3. The molecule has 0 unspecified atom stereocenters. The van der Waals surface area contributed by atoms with E-state index in [9.17, 15) is 8.78 Å². The summed E-state index contributed by atoms with van der Waals surface area (Å²) in [6.07, 6.45) is 1.05. The van der Waals surface area contributed by atoms with Crippen molar-refractivity contribution in [3.63, 3.8) is 0 Å². The molecule has 0 spiro atoms.